The minimum Gasteiger partial charge on any atom is -0.480 e. The van der Waals surface area contributed by atoms with Crippen LogP contribution in [0.1, 0.15) is 0 Å². The molecule has 0 saturated heterocycles. The van der Waals surface area contributed by atoms with E-state index in [4.69, 9.17) is 16.7 Å². The van der Waals surface area contributed by atoms with Crippen LogP contribution in [0.4, 0.5) is 5.69 Å². The molecule has 0 bridgehead atoms. The normalized spacial score (nSPS) is 10.1. The van der Waals surface area contributed by atoms with Crippen molar-refractivity contribution in [2.75, 3.05) is 30.0 Å². The molecule has 0 aromatic heterocycles. The highest BCUT2D eigenvalue weighted by Gasteiger charge is 2.10. The molecule has 0 atom stereocenters. The Morgan fingerprint density at radius 3 is 2.88 bits per heavy atom. The van der Waals surface area contributed by atoms with Crippen molar-refractivity contribution in [2.24, 2.45) is 0 Å². The summed E-state index contributed by atoms with van der Waals surface area (Å²) in [4.78, 5) is 12.6. The largest absolute Gasteiger partial charge is 0.480 e. The van der Waals surface area contributed by atoms with Crippen LogP contribution in [-0.4, -0.2) is 36.2 Å². The zero-order valence-electron chi connectivity index (χ0n) is 9.02. The summed E-state index contributed by atoms with van der Waals surface area (Å²) in [6, 6.07) is 7.25. The number of thioether (sulfide) groups is 1. The summed E-state index contributed by atoms with van der Waals surface area (Å²) < 4.78 is 0. The molecule has 3 nitrogen and oxygen atoms in total. The second kappa shape index (κ2) is 6.66. The first kappa shape index (κ1) is 13.2. The molecule has 0 saturated carbocycles. The second-order valence-corrected chi connectivity index (χ2v) is 4.71. The molecule has 0 amide bonds. The van der Waals surface area contributed by atoms with Gasteiger partial charge in [0, 0.05) is 23.0 Å². The fourth-order valence-electron chi connectivity index (χ4n) is 1.34. The zero-order valence-corrected chi connectivity index (χ0v) is 10.6. The van der Waals surface area contributed by atoms with Crippen molar-refractivity contribution in [3.8, 4) is 0 Å². The quantitative estimate of drug-likeness (QED) is 0.853. The van der Waals surface area contributed by atoms with Crippen molar-refractivity contribution in [2.45, 2.75) is 0 Å². The predicted octanol–water partition coefficient (Wildman–Crippen LogP) is 2.59. The molecular weight excluding hydrogens is 246 g/mol. The third-order valence-electron chi connectivity index (χ3n) is 2.06. The molecule has 0 aliphatic rings. The van der Waals surface area contributed by atoms with E-state index in [9.17, 15) is 4.79 Å². The molecule has 0 aliphatic heterocycles. The number of aliphatic carboxylic acids is 1. The van der Waals surface area contributed by atoms with E-state index in [1.807, 2.05) is 23.3 Å². The van der Waals surface area contributed by atoms with Gasteiger partial charge in [-0.15, -0.1) is 0 Å². The molecule has 16 heavy (non-hydrogen) atoms. The standard InChI is InChI=1S/C11H14ClNO2S/c1-16-6-5-13(8-11(14)15)10-4-2-3-9(12)7-10/h2-4,7H,5-6,8H2,1H3,(H,14,15). The average molecular weight is 260 g/mol. The number of anilines is 1. The smallest absolute Gasteiger partial charge is 0.323 e. The Labute approximate surface area is 104 Å². The molecule has 5 heteroatoms. The van der Waals surface area contributed by atoms with Gasteiger partial charge in [-0.05, 0) is 24.5 Å². The Bertz CT molecular complexity index is 360. The lowest BCUT2D eigenvalue weighted by Gasteiger charge is -2.22. The van der Waals surface area contributed by atoms with E-state index in [1.54, 1.807) is 23.9 Å². The first-order valence-corrected chi connectivity index (χ1v) is 6.62. The van der Waals surface area contributed by atoms with E-state index >= 15 is 0 Å². The van der Waals surface area contributed by atoms with Crippen molar-refractivity contribution in [1.82, 2.24) is 0 Å². The molecule has 1 N–H and O–H groups in total. The lowest BCUT2D eigenvalue weighted by Crippen LogP contribution is -2.31. The Hall–Kier alpha value is -0.870. The number of rotatable bonds is 6. The molecule has 1 rings (SSSR count). The van der Waals surface area contributed by atoms with Gasteiger partial charge in [-0.3, -0.25) is 4.79 Å². The molecule has 0 spiro atoms. The molecule has 0 heterocycles. The van der Waals surface area contributed by atoms with Gasteiger partial charge in [0.25, 0.3) is 0 Å². The summed E-state index contributed by atoms with van der Waals surface area (Å²) in [6.45, 7) is 0.703. The number of nitrogens with zero attached hydrogens (tertiary/aromatic N) is 1. The van der Waals surface area contributed by atoms with Crippen LogP contribution in [0.25, 0.3) is 0 Å². The molecule has 1 aromatic rings. The number of hydrogen-bond acceptors (Lipinski definition) is 3. The third-order valence-corrected chi connectivity index (χ3v) is 2.89. The summed E-state index contributed by atoms with van der Waals surface area (Å²) in [7, 11) is 0. The van der Waals surface area contributed by atoms with Gasteiger partial charge in [0.15, 0.2) is 0 Å². The van der Waals surface area contributed by atoms with Crippen LogP contribution >= 0.6 is 23.4 Å². The summed E-state index contributed by atoms with van der Waals surface area (Å²) >= 11 is 7.57. The molecule has 0 fully saturated rings. The minimum atomic E-state index is -0.832. The first-order chi connectivity index (χ1) is 7.63. The Kier molecular flexibility index (Phi) is 5.49. The lowest BCUT2D eigenvalue weighted by molar-refractivity contribution is -0.135. The Morgan fingerprint density at radius 1 is 1.56 bits per heavy atom. The monoisotopic (exact) mass is 259 g/mol. The van der Waals surface area contributed by atoms with Crippen LogP contribution in [0.2, 0.25) is 5.02 Å². The second-order valence-electron chi connectivity index (χ2n) is 3.29. The number of hydrogen-bond donors (Lipinski definition) is 1. The number of carboxylic acid groups (broad SMARTS) is 1. The van der Waals surface area contributed by atoms with Gasteiger partial charge in [0.05, 0.1) is 0 Å². The van der Waals surface area contributed by atoms with Crippen molar-refractivity contribution in [3.05, 3.63) is 29.3 Å². The molecular formula is C11H14ClNO2S. The maximum absolute atomic E-state index is 10.7. The average Bonchev–Trinajstić information content (AvgIpc) is 2.23. The van der Waals surface area contributed by atoms with E-state index in [1.165, 1.54) is 0 Å². The molecule has 0 radical (unpaired) electrons. The van der Waals surface area contributed by atoms with Crippen molar-refractivity contribution in [1.29, 1.82) is 0 Å². The zero-order chi connectivity index (χ0) is 12.0. The van der Waals surface area contributed by atoms with Gasteiger partial charge in [0.2, 0.25) is 0 Å². The van der Waals surface area contributed by atoms with E-state index in [0.29, 0.717) is 11.6 Å². The summed E-state index contributed by atoms with van der Waals surface area (Å²) in [5.41, 5.74) is 0.851. The van der Waals surface area contributed by atoms with Crippen LogP contribution < -0.4 is 4.90 Å². The fourth-order valence-corrected chi connectivity index (χ4v) is 1.92. The van der Waals surface area contributed by atoms with Crippen LogP contribution in [0, 0.1) is 0 Å². The van der Waals surface area contributed by atoms with Crippen molar-refractivity contribution < 1.29 is 9.90 Å². The highest BCUT2D eigenvalue weighted by atomic mass is 35.5. The van der Waals surface area contributed by atoms with Gasteiger partial charge in [-0.2, -0.15) is 11.8 Å². The predicted molar refractivity (Wildman–Crippen MR) is 69.7 cm³/mol. The van der Waals surface area contributed by atoms with Crippen LogP contribution in [0.15, 0.2) is 24.3 Å². The maximum atomic E-state index is 10.7. The molecule has 1 aromatic carbocycles. The lowest BCUT2D eigenvalue weighted by atomic mass is 10.3. The molecule has 0 aliphatic carbocycles. The minimum absolute atomic E-state index is 0.000895. The number of halogens is 1. The maximum Gasteiger partial charge on any atom is 0.323 e. The van der Waals surface area contributed by atoms with Gasteiger partial charge in [-0.25, -0.2) is 0 Å². The summed E-state index contributed by atoms with van der Waals surface area (Å²) in [5.74, 6) is 0.0563. The van der Waals surface area contributed by atoms with E-state index in [2.05, 4.69) is 0 Å². The van der Waals surface area contributed by atoms with Crippen LogP contribution in [-0.2, 0) is 4.79 Å². The molecule has 0 unspecified atom stereocenters. The Morgan fingerprint density at radius 2 is 2.31 bits per heavy atom. The SMILES string of the molecule is CSCCN(CC(=O)O)c1cccc(Cl)c1. The van der Waals surface area contributed by atoms with Gasteiger partial charge in [0.1, 0.15) is 6.54 Å². The van der Waals surface area contributed by atoms with Crippen LogP contribution in [0.3, 0.4) is 0 Å². The molecule has 88 valence electrons. The number of carboxylic acids is 1. The van der Waals surface area contributed by atoms with Gasteiger partial charge >= 0.3 is 5.97 Å². The van der Waals surface area contributed by atoms with Crippen molar-refractivity contribution >= 4 is 35.0 Å². The fraction of sp³-hybridized carbons (Fsp3) is 0.364. The Balaban J connectivity index is 2.78. The third kappa shape index (κ3) is 4.33. The van der Waals surface area contributed by atoms with Crippen LogP contribution in [0.5, 0.6) is 0 Å². The first-order valence-electron chi connectivity index (χ1n) is 4.84. The van der Waals surface area contributed by atoms with Gasteiger partial charge in [-0.1, -0.05) is 17.7 Å². The van der Waals surface area contributed by atoms with E-state index < -0.39 is 5.97 Å². The van der Waals surface area contributed by atoms with E-state index in [0.717, 1.165) is 11.4 Å². The number of carbonyl (C=O) groups is 1. The summed E-state index contributed by atoms with van der Waals surface area (Å²) in [6.07, 6.45) is 2.00. The van der Waals surface area contributed by atoms with E-state index in [-0.39, 0.29) is 6.54 Å². The van der Waals surface area contributed by atoms with Gasteiger partial charge < -0.3 is 10.0 Å². The topological polar surface area (TPSA) is 40.5 Å². The highest BCUT2D eigenvalue weighted by molar-refractivity contribution is 7.98. The highest BCUT2D eigenvalue weighted by Crippen LogP contribution is 2.19. The number of benzene rings is 1. The summed E-state index contributed by atoms with van der Waals surface area (Å²) in [5, 5.41) is 9.45. The van der Waals surface area contributed by atoms with Crippen molar-refractivity contribution in [3.63, 3.8) is 0 Å².